The van der Waals surface area contributed by atoms with Crippen LogP contribution < -0.4 is 0 Å². The smallest absolute Gasteiger partial charge is 0.0702 e. The van der Waals surface area contributed by atoms with Crippen molar-refractivity contribution in [3.05, 3.63) is 35.5 Å². The van der Waals surface area contributed by atoms with Gasteiger partial charge < -0.3 is 0 Å². The second kappa shape index (κ2) is 4.51. The summed E-state index contributed by atoms with van der Waals surface area (Å²) in [7, 11) is 0. The van der Waals surface area contributed by atoms with Gasteiger partial charge in [-0.2, -0.15) is 0 Å². The molecule has 0 bridgehead atoms. The molecule has 0 amide bonds. The summed E-state index contributed by atoms with van der Waals surface area (Å²) in [5, 5.41) is 0.0734. The first-order valence-electron chi connectivity index (χ1n) is 4.40. The van der Waals surface area contributed by atoms with Crippen LogP contribution in [0, 0.1) is 0 Å². The molecule has 0 aromatic heterocycles. The van der Waals surface area contributed by atoms with E-state index >= 15 is 0 Å². The molecule has 0 radical (unpaired) electrons. The van der Waals surface area contributed by atoms with Crippen molar-refractivity contribution >= 4 is 11.6 Å². The molecule has 66 valence electrons. The van der Waals surface area contributed by atoms with E-state index in [1.165, 1.54) is 11.1 Å². The third-order valence-electron chi connectivity index (χ3n) is 2.03. The molecule has 0 fully saturated rings. The second-order valence-electron chi connectivity index (χ2n) is 3.20. The Hall–Kier alpha value is -0.490. The lowest BCUT2D eigenvalue weighted by Gasteiger charge is -2.08. The van der Waals surface area contributed by atoms with Gasteiger partial charge in [0.2, 0.25) is 0 Å². The molecule has 1 rings (SSSR count). The summed E-state index contributed by atoms with van der Waals surface area (Å²) in [6.07, 6.45) is 10.5. The Kier molecular flexibility index (Phi) is 3.61. The fourth-order valence-corrected chi connectivity index (χ4v) is 1.59. The molecule has 0 saturated heterocycles. The van der Waals surface area contributed by atoms with Gasteiger partial charge in [0.05, 0.1) is 5.38 Å². The van der Waals surface area contributed by atoms with Crippen LogP contribution in [-0.4, -0.2) is 5.38 Å². The zero-order valence-corrected chi connectivity index (χ0v) is 8.43. The zero-order chi connectivity index (χ0) is 8.97. The highest BCUT2D eigenvalue weighted by molar-refractivity contribution is 6.23. The molecular formula is C11H15Cl. The molecule has 1 heteroatoms. The molecule has 0 saturated carbocycles. The Bertz CT molecular complexity index is 233. The maximum absolute atomic E-state index is 6.02. The monoisotopic (exact) mass is 182 g/mol. The van der Waals surface area contributed by atoms with E-state index in [1.54, 1.807) is 0 Å². The highest BCUT2D eigenvalue weighted by Gasteiger charge is 2.02. The van der Waals surface area contributed by atoms with Gasteiger partial charge in [-0.05, 0) is 19.8 Å². The normalized spacial score (nSPS) is 32.8. The number of halogens is 1. The SMILES string of the molecule is CC/C1=C/C(Cl)C=C/C=C(/C)C1. The Morgan fingerprint density at radius 3 is 3.00 bits per heavy atom. The largest absolute Gasteiger partial charge is 0.114 e. The van der Waals surface area contributed by atoms with Crippen LogP contribution in [0.3, 0.4) is 0 Å². The molecule has 0 nitrogen and oxygen atoms in total. The standard InChI is InChI=1S/C11H15Cl/c1-3-10-7-9(2)5-4-6-11(12)8-10/h4-6,8,11H,3,7H2,1-2H3/b6-4?,9-5-,10-8-. The lowest BCUT2D eigenvalue weighted by atomic mass is 10.0. The number of alkyl halides is 1. The molecule has 0 heterocycles. The molecule has 0 aliphatic heterocycles. The maximum Gasteiger partial charge on any atom is 0.0702 e. The summed E-state index contributed by atoms with van der Waals surface area (Å²) < 4.78 is 0. The summed E-state index contributed by atoms with van der Waals surface area (Å²) in [5.74, 6) is 0. The minimum absolute atomic E-state index is 0.0734. The van der Waals surface area contributed by atoms with Crippen molar-refractivity contribution in [2.45, 2.75) is 32.1 Å². The first-order valence-corrected chi connectivity index (χ1v) is 4.83. The van der Waals surface area contributed by atoms with Gasteiger partial charge in [0.1, 0.15) is 0 Å². The van der Waals surface area contributed by atoms with Gasteiger partial charge in [-0.1, -0.05) is 42.4 Å². The van der Waals surface area contributed by atoms with Crippen LogP contribution in [0.4, 0.5) is 0 Å². The highest BCUT2D eigenvalue weighted by atomic mass is 35.5. The minimum atomic E-state index is 0.0734. The quantitative estimate of drug-likeness (QED) is 0.427. The van der Waals surface area contributed by atoms with Crippen LogP contribution in [0.5, 0.6) is 0 Å². The third kappa shape index (κ3) is 2.86. The lowest BCUT2D eigenvalue weighted by molar-refractivity contribution is 0.972. The molecule has 1 aliphatic rings. The van der Waals surface area contributed by atoms with E-state index in [9.17, 15) is 0 Å². The second-order valence-corrected chi connectivity index (χ2v) is 3.70. The maximum atomic E-state index is 6.02. The number of hydrogen-bond donors (Lipinski definition) is 0. The summed E-state index contributed by atoms with van der Waals surface area (Å²) in [6, 6.07) is 0. The van der Waals surface area contributed by atoms with Gasteiger partial charge in [-0.25, -0.2) is 0 Å². The highest BCUT2D eigenvalue weighted by Crippen LogP contribution is 2.18. The van der Waals surface area contributed by atoms with Crippen molar-refractivity contribution in [1.82, 2.24) is 0 Å². The Morgan fingerprint density at radius 1 is 1.58 bits per heavy atom. The van der Waals surface area contributed by atoms with Gasteiger partial charge in [0, 0.05) is 0 Å². The number of allylic oxidation sites excluding steroid dienone is 6. The van der Waals surface area contributed by atoms with Crippen molar-refractivity contribution in [1.29, 1.82) is 0 Å². The molecule has 1 aliphatic carbocycles. The summed E-state index contributed by atoms with van der Waals surface area (Å²) in [4.78, 5) is 0. The van der Waals surface area contributed by atoms with Crippen molar-refractivity contribution in [2.24, 2.45) is 0 Å². The first-order chi connectivity index (χ1) is 5.72. The van der Waals surface area contributed by atoms with Crippen molar-refractivity contribution in [3.63, 3.8) is 0 Å². The molecule has 0 spiro atoms. The van der Waals surface area contributed by atoms with Crippen LogP contribution in [0.2, 0.25) is 0 Å². The fraction of sp³-hybridized carbons (Fsp3) is 0.455. The van der Waals surface area contributed by atoms with E-state index in [0.29, 0.717) is 0 Å². The molecule has 0 aromatic carbocycles. The average Bonchev–Trinajstić information content (AvgIpc) is 2.00. The van der Waals surface area contributed by atoms with Gasteiger partial charge in [-0.15, -0.1) is 11.6 Å². The molecule has 0 N–H and O–H groups in total. The van der Waals surface area contributed by atoms with Gasteiger partial charge in [-0.3, -0.25) is 0 Å². The molecule has 1 unspecified atom stereocenters. The average molecular weight is 183 g/mol. The van der Waals surface area contributed by atoms with Crippen molar-refractivity contribution < 1.29 is 0 Å². The molecule has 0 aromatic rings. The van der Waals surface area contributed by atoms with E-state index in [4.69, 9.17) is 11.6 Å². The zero-order valence-electron chi connectivity index (χ0n) is 7.68. The molecule has 1 atom stereocenters. The predicted octanol–water partition coefficient (Wildman–Crippen LogP) is 3.84. The van der Waals surface area contributed by atoms with Crippen LogP contribution in [-0.2, 0) is 0 Å². The van der Waals surface area contributed by atoms with Crippen molar-refractivity contribution in [3.8, 4) is 0 Å². The van der Waals surface area contributed by atoms with E-state index in [-0.39, 0.29) is 5.38 Å². The van der Waals surface area contributed by atoms with Crippen LogP contribution in [0.15, 0.2) is 35.5 Å². The summed E-state index contributed by atoms with van der Waals surface area (Å²) in [5.41, 5.74) is 2.84. The number of hydrogen-bond acceptors (Lipinski definition) is 0. The minimum Gasteiger partial charge on any atom is -0.114 e. The van der Waals surface area contributed by atoms with Crippen molar-refractivity contribution in [2.75, 3.05) is 0 Å². The Morgan fingerprint density at radius 2 is 2.33 bits per heavy atom. The predicted molar refractivity (Wildman–Crippen MR) is 55.5 cm³/mol. The van der Waals surface area contributed by atoms with Gasteiger partial charge in [0.25, 0.3) is 0 Å². The summed E-state index contributed by atoms with van der Waals surface area (Å²) in [6.45, 7) is 4.33. The third-order valence-corrected chi connectivity index (χ3v) is 2.30. The Labute approximate surface area is 79.6 Å². The molecule has 12 heavy (non-hydrogen) atoms. The van der Waals surface area contributed by atoms with Gasteiger partial charge >= 0.3 is 0 Å². The fourth-order valence-electron chi connectivity index (χ4n) is 1.33. The first kappa shape index (κ1) is 9.60. The van der Waals surface area contributed by atoms with E-state index in [2.05, 4.69) is 26.0 Å². The molecular weight excluding hydrogens is 168 g/mol. The Balaban J connectivity index is 2.82. The summed E-state index contributed by atoms with van der Waals surface area (Å²) >= 11 is 6.02. The van der Waals surface area contributed by atoms with Gasteiger partial charge in [0.15, 0.2) is 0 Å². The van der Waals surface area contributed by atoms with Crippen LogP contribution >= 0.6 is 11.6 Å². The lowest BCUT2D eigenvalue weighted by Crippen LogP contribution is -1.94. The topological polar surface area (TPSA) is 0 Å². The van der Waals surface area contributed by atoms with Crippen LogP contribution in [0.25, 0.3) is 0 Å². The van der Waals surface area contributed by atoms with E-state index in [0.717, 1.165) is 12.8 Å². The van der Waals surface area contributed by atoms with E-state index in [1.807, 2.05) is 12.2 Å². The number of rotatable bonds is 1. The van der Waals surface area contributed by atoms with Crippen LogP contribution in [0.1, 0.15) is 26.7 Å². The van der Waals surface area contributed by atoms with E-state index < -0.39 is 0 Å².